The fraction of sp³-hybridized carbons (Fsp3) is 0.300. The van der Waals surface area contributed by atoms with Crippen molar-refractivity contribution in [1.82, 2.24) is 10.2 Å². The van der Waals surface area contributed by atoms with Crippen molar-refractivity contribution in [3.05, 3.63) is 58.1 Å². The number of carbonyl (C=O) groups is 1. The zero-order valence-corrected chi connectivity index (χ0v) is 20.4. The third-order valence-corrected chi connectivity index (χ3v) is 4.74. The number of amides is 1. The van der Waals surface area contributed by atoms with Crippen LogP contribution >= 0.6 is 39.9 Å². The first-order valence-corrected chi connectivity index (χ1v) is 9.33. The summed E-state index contributed by atoms with van der Waals surface area (Å²) in [6.07, 6.45) is 0. The van der Waals surface area contributed by atoms with Gasteiger partial charge in [-0.3, -0.25) is 9.79 Å². The van der Waals surface area contributed by atoms with E-state index in [0.717, 1.165) is 22.5 Å². The Morgan fingerprint density at radius 3 is 2.57 bits per heavy atom. The first-order valence-electron chi connectivity index (χ1n) is 8.54. The average Bonchev–Trinajstić information content (AvgIpc) is 2.64. The summed E-state index contributed by atoms with van der Waals surface area (Å²) in [7, 11) is 5.33. The molecule has 152 valence electrons. The standard InChI is InChI=1S/C20H25BrN4O2.HI/c1-14(26)24-18-11-15(9-10-19(18)27-4)12-23-20(22-2)25(3)13-16-7-5-6-8-17(16)21;/h5-11H,12-13H2,1-4H3,(H,22,23)(H,24,26);1H. The smallest absolute Gasteiger partial charge is 0.221 e. The average molecular weight is 561 g/mol. The van der Waals surface area contributed by atoms with Gasteiger partial charge in [-0.1, -0.05) is 40.2 Å². The summed E-state index contributed by atoms with van der Waals surface area (Å²) >= 11 is 3.58. The quantitative estimate of drug-likeness (QED) is 0.315. The number of guanidine groups is 1. The molecule has 8 heteroatoms. The van der Waals surface area contributed by atoms with E-state index in [-0.39, 0.29) is 29.9 Å². The van der Waals surface area contributed by atoms with E-state index in [1.165, 1.54) is 12.5 Å². The van der Waals surface area contributed by atoms with Gasteiger partial charge in [-0.05, 0) is 29.3 Å². The second-order valence-electron chi connectivity index (χ2n) is 6.06. The number of methoxy groups -OCH3 is 1. The molecule has 0 aliphatic heterocycles. The Morgan fingerprint density at radius 2 is 1.96 bits per heavy atom. The lowest BCUT2D eigenvalue weighted by atomic mass is 10.2. The van der Waals surface area contributed by atoms with Gasteiger partial charge in [0.2, 0.25) is 5.91 Å². The number of halogens is 2. The number of benzene rings is 2. The summed E-state index contributed by atoms with van der Waals surface area (Å²) in [6.45, 7) is 2.77. The van der Waals surface area contributed by atoms with Crippen LogP contribution in [0.1, 0.15) is 18.1 Å². The number of aliphatic imine (C=N–C) groups is 1. The van der Waals surface area contributed by atoms with Gasteiger partial charge >= 0.3 is 0 Å². The Hall–Kier alpha value is -1.81. The van der Waals surface area contributed by atoms with Crippen LogP contribution < -0.4 is 15.4 Å². The lowest BCUT2D eigenvalue weighted by Crippen LogP contribution is -2.38. The fourth-order valence-corrected chi connectivity index (χ4v) is 3.09. The van der Waals surface area contributed by atoms with Crippen LogP contribution in [0.2, 0.25) is 0 Å². The van der Waals surface area contributed by atoms with Crippen molar-refractivity contribution in [2.75, 3.05) is 26.5 Å². The van der Waals surface area contributed by atoms with Crippen LogP contribution in [0.4, 0.5) is 5.69 Å². The molecule has 2 rings (SSSR count). The van der Waals surface area contributed by atoms with Crippen LogP contribution in [0.5, 0.6) is 5.75 Å². The summed E-state index contributed by atoms with van der Waals surface area (Å²) in [5, 5.41) is 6.14. The van der Waals surface area contributed by atoms with Crippen molar-refractivity contribution in [2.24, 2.45) is 4.99 Å². The monoisotopic (exact) mass is 560 g/mol. The molecule has 2 N–H and O–H groups in total. The molecule has 0 saturated heterocycles. The molecule has 0 saturated carbocycles. The van der Waals surface area contributed by atoms with Gasteiger partial charge in [0.15, 0.2) is 5.96 Å². The molecular formula is C20H26BrIN4O2. The highest BCUT2D eigenvalue weighted by Crippen LogP contribution is 2.25. The van der Waals surface area contributed by atoms with E-state index in [2.05, 4.69) is 42.5 Å². The predicted molar refractivity (Wildman–Crippen MR) is 129 cm³/mol. The Bertz CT molecular complexity index is 830. The molecule has 2 aromatic carbocycles. The van der Waals surface area contributed by atoms with E-state index in [1.807, 2.05) is 43.4 Å². The Balaban J connectivity index is 0.00000392. The van der Waals surface area contributed by atoms with Crippen molar-refractivity contribution in [3.63, 3.8) is 0 Å². The molecule has 2 aromatic rings. The van der Waals surface area contributed by atoms with Crippen molar-refractivity contribution < 1.29 is 9.53 Å². The van der Waals surface area contributed by atoms with Crippen LogP contribution in [-0.4, -0.2) is 38.0 Å². The summed E-state index contributed by atoms with van der Waals surface area (Å²) in [6, 6.07) is 13.8. The van der Waals surface area contributed by atoms with Gasteiger partial charge in [-0.15, -0.1) is 24.0 Å². The number of carbonyl (C=O) groups excluding carboxylic acids is 1. The molecule has 0 bridgehead atoms. The molecule has 0 atom stereocenters. The first-order chi connectivity index (χ1) is 12.9. The second-order valence-corrected chi connectivity index (χ2v) is 6.92. The van der Waals surface area contributed by atoms with Gasteiger partial charge < -0.3 is 20.3 Å². The third kappa shape index (κ3) is 6.97. The fourth-order valence-electron chi connectivity index (χ4n) is 2.68. The molecule has 28 heavy (non-hydrogen) atoms. The van der Waals surface area contributed by atoms with Crippen molar-refractivity contribution >= 4 is 57.5 Å². The van der Waals surface area contributed by atoms with E-state index >= 15 is 0 Å². The van der Waals surface area contributed by atoms with Crippen molar-refractivity contribution in [3.8, 4) is 5.75 Å². The number of nitrogens with one attached hydrogen (secondary N) is 2. The summed E-state index contributed by atoms with van der Waals surface area (Å²) < 4.78 is 6.36. The SMILES string of the molecule is CN=C(NCc1ccc(OC)c(NC(C)=O)c1)N(C)Cc1ccccc1Br.I. The Morgan fingerprint density at radius 1 is 1.25 bits per heavy atom. The summed E-state index contributed by atoms with van der Waals surface area (Å²) in [4.78, 5) is 17.8. The molecule has 6 nitrogen and oxygen atoms in total. The van der Waals surface area contributed by atoms with Gasteiger partial charge in [-0.25, -0.2) is 0 Å². The van der Waals surface area contributed by atoms with Crippen molar-refractivity contribution in [1.29, 1.82) is 0 Å². The van der Waals surface area contributed by atoms with Gasteiger partial charge in [0, 0.05) is 38.6 Å². The highest BCUT2D eigenvalue weighted by atomic mass is 127. The zero-order valence-electron chi connectivity index (χ0n) is 16.5. The first kappa shape index (κ1) is 24.2. The van der Waals surface area contributed by atoms with Crippen LogP contribution in [-0.2, 0) is 17.9 Å². The molecule has 0 spiro atoms. The van der Waals surface area contributed by atoms with E-state index in [4.69, 9.17) is 4.74 Å². The van der Waals surface area contributed by atoms with E-state index in [9.17, 15) is 4.79 Å². The van der Waals surface area contributed by atoms with E-state index in [1.54, 1.807) is 14.2 Å². The minimum Gasteiger partial charge on any atom is -0.495 e. The molecule has 0 aromatic heterocycles. The number of ether oxygens (including phenoxy) is 1. The normalized spacial score (nSPS) is 10.7. The van der Waals surface area contributed by atoms with Crippen LogP contribution in [0, 0.1) is 0 Å². The van der Waals surface area contributed by atoms with Crippen molar-refractivity contribution in [2.45, 2.75) is 20.0 Å². The van der Waals surface area contributed by atoms with Gasteiger partial charge in [0.1, 0.15) is 5.75 Å². The maximum atomic E-state index is 11.4. The largest absolute Gasteiger partial charge is 0.495 e. The lowest BCUT2D eigenvalue weighted by Gasteiger charge is -2.23. The molecule has 0 heterocycles. The maximum Gasteiger partial charge on any atom is 0.221 e. The highest BCUT2D eigenvalue weighted by Gasteiger charge is 2.10. The molecule has 1 amide bonds. The van der Waals surface area contributed by atoms with E-state index in [0.29, 0.717) is 18.0 Å². The van der Waals surface area contributed by atoms with Crippen LogP contribution in [0.3, 0.4) is 0 Å². The maximum absolute atomic E-state index is 11.4. The molecule has 0 unspecified atom stereocenters. The molecule has 0 aliphatic carbocycles. The number of hydrogen-bond acceptors (Lipinski definition) is 3. The topological polar surface area (TPSA) is 66.0 Å². The summed E-state index contributed by atoms with van der Waals surface area (Å²) in [5.41, 5.74) is 2.84. The van der Waals surface area contributed by atoms with Gasteiger partial charge in [0.25, 0.3) is 0 Å². The van der Waals surface area contributed by atoms with Crippen LogP contribution in [0.25, 0.3) is 0 Å². The number of hydrogen-bond donors (Lipinski definition) is 2. The third-order valence-electron chi connectivity index (χ3n) is 3.96. The minimum atomic E-state index is -0.137. The predicted octanol–water partition coefficient (Wildman–Crippen LogP) is 4.24. The number of nitrogens with zero attached hydrogens (tertiary/aromatic N) is 2. The van der Waals surface area contributed by atoms with Crippen LogP contribution in [0.15, 0.2) is 51.9 Å². The number of rotatable bonds is 6. The zero-order chi connectivity index (χ0) is 19.8. The Kier molecular flexibility index (Phi) is 10.3. The molecular weight excluding hydrogens is 535 g/mol. The second kappa shape index (κ2) is 11.9. The molecule has 0 radical (unpaired) electrons. The highest BCUT2D eigenvalue weighted by molar-refractivity contribution is 14.0. The van der Waals surface area contributed by atoms with E-state index < -0.39 is 0 Å². The van der Waals surface area contributed by atoms with Gasteiger partial charge in [-0.2, -0.15) is 0 Å². The lowest BCUT2D eigenvalue weighted by molar-refractivity contribution is -0.114. The molecule has 0 fully saturated rings. The molecule has 0 aliphatic rings. The summed E-state index contributed by atoms with van der Waals surface area (Å²) in [5.74, 6) is 1.27. The van der Waals surface area contributed by atoms with Gasteiger partial charge in [0.05, 0.1) is 12.8 Å². The Labute approximate surface area is 191 Å². The minimum absolute atomic E-state index is 0. The number of anilines is 1.